The second-order valence-electron chi connectivity index (χ2n) is 1.55. The molecule has 0 radical (unpaired) electrons. The van der Waals surface area contributed by atoms with Crippen molar-refractivity contribution in [3.63, 3.8) is 0 Å². The molecule has 0 saturated carbocycles. The van der Waals surface area contributed by atoms with Crippen LogP contribution in [0, 0.1) is 0 Å². The van der Waals surface area contributed by atoms with Gasteiger partial charge in [0.2, 0.25) is 0 Å². The fourth-order valence-corrected chi connectivity index (χ4v) is 0.610. The highest BCUT2D eigenvalue weighted by Crippen LogP contribution is 1.94. The van der Waals surface area contributed by atoms with Crippen molar-refractivity contribution in [3.05, 3.63) is 30.1 Å². The van der Waals surface area contributed by atoms with Crippen LogP contribution in [0.2, 0.25) is 0 Å². The Kier molecular flexibility index (Phi) is 3.57. The summed E-state index contributed by atoms with van der Waals surface area (Å²) < 4.78 is 0. The van der Waals surface area contributed by atoms with Crippen molar-refractivity contribution in [2.75, 3.05) is 0 Å². The minimum atomic E-state index is -0.108. The van der Waals surface area contributed by atoms with Crippen LogP contribution in [0.1, 0.15) is 13.0 Å². The highest BCUT2D eigenvalue weighted by Gasteiger charge is 1.92. The van der Waals surface area contributed by atoms with E-state index in [1.54, 1.807) is 18.3 Å². The Bertz CT molecular complexity index is 210. The van der Waals surface area contributed by atoms with E-state index in [0.29, 0.717) is 5.56 Å². The molecule has 1 N–H and O–H groups in total. The Morgan fingerprint density at radius 2 is 2.30 bits per heavy atom. The van der Waals surface area contributed by atoms with Crippen molar-refractivity contribution < 1.29 is 5.11 Å². The van der Waals surface area contributed by atoms with Crippen LogP contribution in [0.15, 0.2) is 24.5 Å². The molecule has 0 spiro atoms. The highest BCUT2D eigenvalue weighted by molar-refractivity contribution is 7.80. The maximum absolute atomic E-state index is 8.72. The van der Waals surface area contributed by atoms with E-state index < -0.39 is 0 Å². The SMILES string of the molecule is C.OC(=S)c1cccnc1. The molecule has 1 rings (SSSR count). The lowest BCUT2D eigenvalue weighted by atomic mass is 10.3. The molecular formula is C7H9NOS. The summed E-state index contributed by atoms with van der Waals surface area (Å²) in [7, 11) is 0. The minimum absolute atomic E-state index is 0. The minimum Gasteiger partial charge on any atom is -0.498 e. The van der Waals surface area contributed by atoms with Crippen LogP contribution in [0.25, 0.3) is 0 Å². The molecule has 0 bridgehead atoms. The summed E-state index contributed by atoms with van der Waals surface area (Å²) >= 11 is 4.48. The Balaban J connectivity index is 0.000000810. The van der Waals surface area contributed by atoms with Crippen molar-refractivity contribution in [1.29, 1.82) is 0 Å². The molecule has 0 fully saturated rings. The summed E-state index contributed by atoms with van der Waals surface area (Å²) in [4.78, 5) is 3.76. The van der Waals surface area contributed by atoms with E-state index in [1.165, 1.54) is 6.20 Å². The Morgan fingerprint density at radius 3 is 2.60 bits per heavy atom. The van der Waals surface area contributed by atoms with Crippen LogP contribution in [-0.2, 0) is 0 Å². The summed E-state index contributed by atoms with van der Waals surface area (Å²) in [5.41, 5.74) is 0.590. The van der Waals surface area contributed by atoms with Crippen molar-refractivity contribution in [2.45, 2.75) is 7.43 Å². The molecule has 1 aromatic rings. The van der Waals surface area contributed by atoms with Gasteiger partial charge in [0, 0.05) is 18.0 Å². The normalized spacial score (nSPS) is 8.00. The zero-order valence-electron chi connectivity index (χ0n) is 4.61. The standard InChI is InChI=1S/C6H5NOS.CH4/c8-6(9)5-2-1-3-7-4-5;/h1-4H,(H,8,9);1H4. The van der Waals surface area contributed by atoms with Gasteiger partial charge in [-0.1, -0.05) is 7.43 Å². The molecule has 0 saturated heterocycles. The molecule has 0 atom stereocenters. The third kappa shape index (κ3) is 2.11. The largest absolute Gasteiger partial charge is 0.498 e. The van der Waals surface area contributed by atoms with Gasteiger partial charge in [0.1, 0.15) is 0 Å². The van der Waals surface area contributed by atoms with Gasteiger partial charge >= 0.3 is 0 Å². The number of aliphatic hydroxyl groups excluding tert-OH is 1. The van der Waals surface area contributed by atoms with Crippen LogP contribution in [-0.4, -0.2) is 15.1 Å². The molecule has 54 valence electrons. The maximum Gasteiger partial charge on any atom is 0.190 e. The van der Waals surface area contributed by atoms with E-state index in [2.05, 4.69) is 17.2 Å². The molecule has 1 aromatic heterocycles. The second kappa shape index (κ2) is 3.95. The van der Waals surface area contributed by atoms with Crippen molar-refractivity contribution in [2.24, 2.45) is 0 Å². The number of nitrogens with zero attached hydrogens (tertiary/aromatic N) is 1. The van der Waals surface area contributed by atoms with E-state index in [1.807, 2.05) is 0 Å². The quantitative estimate of drug-likeness (QED) is 0.629. The Hall–Kier alpha value is -0.960. The fourth-order valence-electron chi connectivity index (χ4n) is 0.489. The number of pyridine rings is 1. The highest BCUT2D eigenvalue weighted by atomic mass is 32.1. The average Bonchev–Trinajstić information content (AvgIpc) is 1.90. The first-order valence-corrected chi connectivity index (χ1v) is 2.85. The van der Waals surface area contributed by atoms with Crippen molar-refractivity contribution in [3.8, 4) is 0 Å². The number of hydrogen-bond acceptors (Lipinski definition) is 2. The molecule has 3 heteroatoms. The van der Waals surface area contributed by atoms with Crippen LogP contribution in [0.3, 0.4) is 0 Å². The predicted molar refractivity (Wildman–Crippen MR) is 45.3 cm³/mol. The summed E-state index contributed by atoms with van der Waals surface area (Å²) in [6.45, 7) is 0. The van der Waals surface area contributed by atoms with Crippen LogP contribution in [0.5, 0.6) is 0 Å². The first-order valence-electron chi connectivity index (χ1n) is 2.44. The van der Waals surface area contributed by atoms with Crippen LogP contribution in [0.4, 0.5) is 0 Å². The van der Waals surface area contributed by atoms with Gasteiger partial charge in [-0.25, -0.2) is 0 Å². The number of rotatable bonds is 1. The van der Waals surface area contributed by atoms with Gasteiger partial charge in [-0.2, -0.15) is 0 Å². The molecule has 0 aliphatic rings. The maximum atomic E-state index is 8.72. The summed E-state index contributed by atoms with van der Waals surface area (Å²) in [6, 6.07) is 3.42. The van der Waals surface area contributed by atoms with Crippen LogP contribution < -0.4 is 0 Å². The van der Waals surface area contributed by atoms with Gasteiger partial charge in [0.25, 0.3) is 0 Å². The third-order valence-electron chi connectivity index (χ3n) is 0.908. The lowest BCUT2D eigenvalue weighted by Crippen LogP contribution is -1.93. The molecule has 0 amide bonds. The van der Waals surface area contributed by atoms with Gasteiger partial charge in [0.15, 0.2) is 5.05 Å². The lowest BCUT2D eigenvalue weighted by molar-refractivity contribution is 0.570. The van der Waals surface area contributed by atoms with Gasteiger partial charge in [0.05, 0.1) is 0 Å². The monoisotopic (exact) mass is 155 g/mol. The number of aromatic nitrogens is 1. The van der Waals surface area contributed by atoms with E-state index in [0.717, 1.165) is 0 Å². The number of thiocarbonyl (C=S) groups is 1. The Labute approximate surface area is 65.5 Å². The van der Waals surface area contributed by atoms with Gasteiger partial charge in [-0.3, -0.25) is 4.98 Å². The fraction of sp³-hybridized carbons (Fsp3) is 0.143. The predicted octanol–water partition coefficient (Wildman–Crippen LogP) is 1.95. The summed E-state index contributed by atoms with van der Waals surface area (Å²) in [6.07, 6.45) is 3.14. The zero-order chi connectivity index (χ0) is 6.69. The smallest absolute Gasteiger partial charge is 0.190 e. The summed E-state index contributed by atoms with van der Waals surface area (Å²) in [5, 5.41) is 8.61. The van der Waals surface area contributed by atoms with E-state index in [4.69, 9.17) is 5.11 Å². The van der Waals surface area contributed by atoms with Gasteiger partial charge < -0.3 is 5.11 Å². The number of hydrogen-bond donors (Lipinski definition) is 1. The molecule has 2 nitrogen and oxygen atoms in total. The topological polar surface area (TPSA) is 33.1 Å². The molecule has 0 aliphatic heterocycles. The van der Waals surface area contributed by atoms with E-state index in [-0.39, 0.29) is 12.5 Å². The first kappa shape index (κ1) is 9.04. The molecule has 0 unspecified atom stereocenters. The number of aliphatic hydroxyl groups is 1. The molecule has 1 heterocycles. The molecule has 0 aliphatic carbocycles. The molecular weight excluding hydrogens is 146 g/mol. The summed E-state index contributed by atoms with van der Waals surface area (Å²) in [5.74, 6) is 0. The van der Waals surface area contributed by atoms with Crippen molar-refractivity contribution in [1.82, 2.24) is 4.98 Å². The first-order chi connectivity index (χ1) is 4.30. The van der Waals surface area contributed by atoms with E-state index in [9.17, 15) is 0 Å². The molecule has 10 heavy (non-hydrogen) atoms. The third-order valence-corrected chi connectivity index (χ3v) is 1.14. The van der Waals surface area contributed by atoms with E-state index >= 15 is 0 Å². The zero-order valence-corrected chi connectivity index (χ0v) is 5.43. The second-order valence-corrected chi connectivity index (χ2v) is 1.93. The van der Waals surface area contributed by atoms with Crippen LogP contribution >= 0.6 is 12.2 Å². The average molecular weight is 155 g/mol. The van der Waals surface area contributed by atoms with Gasteiger partial charge in [-0.05, 0) is 24.4 Å². The lowest BCUT2D eigenvalue weighted by Gasteiger charge is -1.90. The molecule has 0 aromatic carbocycles. The Morgan fingerprint density at radius 1 is 1.60 bits per heavy atom. The van der Waals surface area contributed by atoms with Crippen molar-refractivity contribution >= 4 is 17.3 Å². The van der Waals surface area contributed by atoms with Gasteiger partial charge in [-0.15, -0.1) is 0 Å².